The van der Waals surface area contributed by atoms with Gasteiger partial charge in [0.05, 0.1) is 0 Å². The monoisotopic (exact) mass is 252 g/mol. The van der Waals surface area contributed by atoms with Gasteiger partial charge in [0.1, 0.15) is 5.69 Å². The molecule has 0 bridgehead atoms. The smallest absolute Gasteiger partial charge is 0.267 e. The maximum absolute atomic E-state index is 12.0. The van der Waals surface area contributed by atoms with Gasteiger partial charge < -0.3 is 10.3 Å². The summed E-state index contributed by atoms with van der Waals surface area (Å²) in [6, 6.07) is 7.40. The number of fused-ring (bicyclic) bond motifs is 1. The highest BCUT2D eigenvalue weighted by atomic mass is 16.1. The Hall–Kier alpha value is -2.69. The number of nitrogens with zero attached hydrogens (tertiary/aromatic N) is 2. The third-order valence-corrected chi connectivity index (χ3v) is 2.84. The van der Waals surface area contributed by atoms with Crippen molar-refractivity contribution in [2.24, 2.45) is 0 Å². The molecule has 5 nitrogen and oxygen atoms in total. The molecule has 3 aromatic rings. The van der Waals surface area contributed by atoms with E-state index in [1.54, 1.807) is 30.9 Å². The second kappa shape index (κ2) is 4.89. The molecule has 3 heterocycles. The average Bonchev–Trinajstić information content (AvgIpc) is 2.90. The SMILES string of the molecule is O=C(NCc1cccnc1)c1cc2cnccc2[nH]1. The van der Waals surface area contributed by atoms with E-state index in [0.717, 1.165) is 16.5 Å². The van der Waals surface area contributed by atoms with Crippen molar-refractivity contribution >= 4 is 16.8 Å². The van der Waals surface area contributed by atoms with Crippen molar-refractivity contribution in [1.82, 2.24) is 20.3 Å². The summed E-state index contributed by atoms with van der Waals surface area (Å²) in [6.45, 7) is 0.459. The molecule has 0 fully saturated rings. The molecular weight excluding hydrogens is 240 g/mol. The minimum absolute atomic E-state index is 0.139. The van der Waals surface area contributed by atoms with E-state index in [-0.39, 0.29) is 5.91 Å². The lowest BCUT2D eigenvalue weighted by Crippen LogP contribution is -2.23. The second-order valence-electron chi connectivity index (χ2n) is 4.19. The molecule has 0 spiro atoms. The summed E-state index contributed by atoms with van der Waals surface area (Å²) in [5, 5.41) is 3.77. The van der Waals surface area contributed by atoms with Crippen molar-refractivity contribution in [3.8, 4) is 0 Å². The van der Waals surface area contributed by atoms with Gasteiger partial charge >= 0.3 is 0 Å². The highest BCUT2D eigenvalue weighted by Crippen LogP contribution is 2.13. The summed E-state index contributed by atoms with van der Waals surface area (Å²) < 4.78 is 0. The second-order valence-corrected chi connectivity index (χ2v) is 4.19. The van der Waals surface area contributed by atoms with Gasteiger partial charge in [0.2, 0.25) is 0 Å². The van der Waals surface area contributed by atoms with E-state index in [2.05, 4.69) is 20.3 Å². The van der Waals surface area contributed by atoms with E-state index in [1.165, 1.54) is 0 Å². The number of pyridine rings is 2. The third-order valence-electron chi connectivity index (χ3n) is 2.84. The summed E-state index contributed by atoms with van der Waals surface area (Å²) in [4.78, 5) is 23.1. The van der Waals surface area contributed by atoms with Gasteiger partial charge in [-0.15, -0.1) is 0 Å². The zero-order chi connectivity index (χ0) is 13.1. The van der Waals surface area contributed by atoms with E-state index in [9.17, 15) is 4.79 Å². The zero-order valence-electron chi connectivity index (χ0n) is 10.1. The molecule has 0 aliphatic rings. The fourth-order valence-corrected chi connectivity index (χ4v) is 1.87. The fourth-order valence-electron chi connectivity index (χ4n) is 1.87. The zero-order valence-corrected chi connectivity index (χ0v) is 10.1. The Kier molecular flexibility index (Phi) is 2.94. The van der Waals surface area contributed by atoms with E-state index in [4.69, 9.17) is 0 Å². The van der Waals surface area contributed by atoms with E-state index < -0.39 is 0 Å². The molecule has 0 saturated heterocycles. The van der Waals surface area contributed by atoms with Crippen LogP contribution in [0.1, 0.15) is 16.1 Å². The van der Waals surface area contributed by atoms with Crippen molar-refractivity contribution in [3.63, 3.8) is 0 Å². The van der Waals surface area contributed by atoms with Crippen LogP contribution in [0.5, 0.6) is 0 Å². The average molecular weight is 252 g/mol. The van der Waals surface area contributed by atoms with Crippen molar-refractivity contribution in [2.75, 3.05) is 0 Å². The Morgan fingerprint density at radius 2 is 2.11 bits per heavy atom. The quantitative estimate of drug-likeness (QED) is 0.747. The van der Waals surface area contributed by atoms with Crippen LogP contribution in [0.4, 0.5) is 0 Å². The Bertz CT molecular complexity index is 673. The Balaban J connectivity index is 1.73. The Labute approximate surface area is 109 Å². The largest absolute Gasteiger partial charge is 0.350 e. The van der Waals surface area contributed by atoms with Crippen LogP contribution >= 0.6 is 0 Å². The highest BCUT2D eigenvalue weighted by molar-refractivity contribution is 5.97. The molecule has 5 heteroatoms. The van der Waals surface area contributed by atoms with E-state index in [0.29, 0.717) is 12.2 Å². The topological polar surface area (TPSA) is 70.7 Å². The first kappa shape index (κ1) is 11.4. The number of rotatable bonds is 3. The Morgan fingerprint density at radius 3 is 2.89 bits per heavy atom. The van der Waals surface area contributed by atoms with Gasteiger partial charge in [-0.1, -0.05) is 6.07 Å². The van der Waals surface area contributed by atoms with Gasteiger partial charge in [-0.25, -0.2) is 0 Å². The molecule has 0 aliphatic heterocycles. The predicted octanol–water partition coefficient (Wildman–Crippen LogP) is 1.89. The van der Waals surface area contributed by atoms with Crippen LogP contribution in [0.3, 0.4) is 0 Å². The predicted molar refractivity (Wildman–Crippen MR) is 71.5 cm³/mol. The number of carbonyl (C=O) groups excluding carboxylic acids is 1. The summed E-state index contributed by atoms with van der Waals surface area (Å²) in [5.41, 5.74) is 2.40. The Morgan fingerprint density at radius 1 is 1.21 bits per heavy atom. The van der Waals surface area contributed by atoms with E-state index >= 15 is 0 Å². The minimum atomic E-state index is -0.139. The molecule has 19 heavy (non-hydrogen) atoms. The van der Waals surface area contributed by atoms with Crippen LogP contribution in [-0.4, -0.2) is 20.9 Å². The molecule has 2 N–H and O–H groups in total. The lowest BCUT2D eigenvalue weighted by Gasteiger charge is -2.02. The molecule has 0 unspecified atom stereocenters. The number of amides is 1. The lowest BCUT2D eigenvalue weighted by molar-refractivity contribution is 0.0946. The van der Waals surface area contributed by atoms with Crippen LogP contribution in [0.25, 0.3) is 10.9 Å². The van der Waals surface area contributed by atoms with E-state index in [1.807, 2.05) is 18.2 Å². The van der Waals surface area contributed by atoms with Crippen LogP contribution in [0, 0.1) is 0 Å². The molecular formula is C14H12N4O. The maximum Gasteiger partial charge on any atom is 0.267 e. The highest BCUT2D eigenvalue weighted by Gasteiger charge is 2.08. The molecule has 0 aromatic carbocycles. The number of H-pyrrole nitrogens is 1. The number of carbonyl (C=O) groups is 1. The minimum Gasteiger partial charge on any atom is -0.350 e. The van der Waals surface area contributed by atoms with Crippen molar-refractivity contribution < 1.29 is 4.79 Å². The third kappa shape index (κ3) is 2.44. The molecule has 3 aromatic heterocycles. The van der Waals surface area contributed by atoms with Crippen LogP contribution in [0.2, 0.25) is 0 Å². The van der Waals surface area contributed by atoms with Crippen molar-refractivity contribution in [2.45, 2.75) is 6.54 Å². The number of hydrogen-bond donors (Lipinski definition) is 2. The molecule has 0 radical (unpaired) electrons. The van der Waals surface area contributed by atoms with Gasteiger partial charge in [-0.2, -0.15) is 0 Å². The maximum atomic E-state index is 12.0. The number of hydrogen-bond acceptors (Lipinski definition) is 3. The lowest BCUT2D eigenvalue weighted by atomic mass is 10.3. The summed E-state index contributed by atoms with van der Waals surface area (Å²) >= 11 is 0. The standard InChI is InChI=1S/C14H12N4O/c19-14(17-8-10-2-1-4-15-7-10)13-6-11-9-16-5-3-12(11)18-13/h1-7,9,18H,8H2,(H,17,19). The van der Waals surface area contributed by atoms with Crippen molar-refractivity contribution in [3.05, 3.63) is 60.3 Å². The van der Waals surface area contributed by atoms with Gasteiger partial charge in [0.25, 0.3) is 5.91 Å². The first-order valence-electron chi connectivity index (χ1n) is 5.93. The molecule has 94 valence electrons. The summed E-state index contributed by atoms with van der Waals surface area (Å²) in [5.74, 6) is -0.139. The number of nitrogens with one attached hydrogen (secondary N) is 2. The van der Waals surface area contributed by atoms with Gasteiger partial charge in [-0.05, 0) is 23.8 Å². The van der Waals surface area contributed by atoms with Gasteiger partial charge in [-0.3, -0.25) is 14.8 Å². The molecule has 0 saturated carbocycles. The molecule has 3 rings (SSSR count). The molecule has 0 aliphatic carbocycles. The number of aromatic amines is 1. The van der Waals surface area contributed by atoms with Crippen LogP contribution < -0.4 is 5.32 Å². The molecule has 1 amide bonds. The van der Waals surface area contributed by atoms with Crippen LogP contribution in [-0.2, 0) is 6.54 Å². The molecule has 0 atom stereocenters. The van der Waals surface area contributed by atoms with Crippen LogP contribution in [0.15, 0.2) is 49.1 Å². The summed E-state index contributed by atoms with van der Waals surface area (Å²) in [6.07, 6.45) is 6.85. The first-order chi connectivity index (χ1) is 9.33. The summed E-state index contributed by atoms with van der Waals surface area (Å²) in [7, 11) is 0. The first-order valence-corrected chi connectivity index (χ1v) is 5.93. The fraction of sp³-hybridized carbons (Fsp3) is 0.0714. The van der Waals surface area contributed by atoms with Gasteiger partial charge in [0.15, 0.2) is 0 Å². The normalized spacial score (nSPS) is 10.5. The van der Waals surface area contributed by atoms with Gasteiger partial charge in [0, 0.05) is 42.2 Å². The van der Waals surface area contributed by atoms with Crippen molar-refractivity contribution in [1.29, 1.82) is 0 Å². The number of aromatic nitrogens is 3.